The maximum Gasteiger partial charge on any atom is 0.335 e. The first kappa shape index (κ1) is 69.4. The fourth-order valence-corrected chi connectivity index (χ4v) is 8.84. The number of unbranched alkanes of at least 4 members (excludes halogenated alkanes) is 27. The van der Waals surface area contributed by atoms with Crippen molar-refractivity contribution in [3.8, 4) is 0 Å². The fourth-order valence-electron chi connectivity index (χ4n) is 8.84. The molecule has 1 aliphatic rings. The van der Waals surface area contributed by atoms with Crippen LogP contribution in [0.5, 0.6) is 0 Å². The molecule has 6 unspecified atom stereocenters. The van der Waals surface area contributed by atoms with Gasteiger partial charge in [-0.1, -0.05) is 204 Å². The van der Waals surface area contributed by atoms with Crippen molar-refractivity contribution in [2.75, 3.05) is 13.2 Å². The lowest BCUT2D eigenvalue weighted by atomic mass is 9.98. The van der Waals surface area contributed by atoms with E-state index < -0.39 is 67.3 Å². The van der Waals surface area contributed by atoms with E-state index in [4.69, 9.17) is 23.7 Å². The second kappa shape index (κ2) is 51.2. The van der Waals surface area contributed by atoms with Gasteiger partial charge in [-0.2, -0.15) is 0 Å². The highest BCUT2D eigenvalue weighted by Crippen LogP contribution is 2.26. The van der Waals surface area contributed by atoms with E-state index in [-0.39, 0.29) is 25.9 Å². The summed E-state index contributed by atoms with van der Waals surface area (Å²) in [6.07, 6.45) is 50.4. The summed E-state index contributed by atoms with van der Waals surface area (Å²) in [6.45, 7) is 5.89. The third-order valence-corrected chi connectivity index (χ3v) is 13.5. The van der Waals surface area contributed by atoms with Gasteiger partial charge < -0.3 is 39.0 Å². The predicted molar refractivity (Wildman–Crippen MR) is 303 cm³/mol. The van der Waals surface area contributed by atoms with Crippen molar-refractivity contribution < 1.29 is 58.2 Å². The molecule has 0 bridgehead atoms. The zero-order chi connectivity index (χ0) is 54.7. The van der Waals surface area contributed by atoms with Crippen LogP contribution in [0, 0.1) is 0 Å². The molecule has 0 spiro atoms. The minimum Gasteiger partial charge on any atom is -0.479 e. The van der Waals surface area contributed by atoms with Gasteiger partial charge in [-0.25, -0.2) is 4.79 Å². The van der Waals surface area contributed by atoms with Crippen LogP contribution in [0.1, 0.15) is 265 Å². The Morgan fingerprint density at radius 1 is 0.440 bits per heavy atom. The van der Waals surface area contributed by atoms with Gasteiger partial charge in [-0.15, -0.1) is 0 Å². The highest BCUT2D eigenvalue weighted by molar-refractivity contribution is 5.74. The lowest BCUT2D eigenvalue weighted by Gasteiger charge is -2.40. The van der Waals surface area contributed by atoms with Gasteiger partial charge in [-0.05, 0) is 103 Å². The van der Waals surface area contributed by atoms with Crippen LogP contribution in [-0.2, 0) is 42.9 Å². The normalized spacial score (nSPS) is 18.5. The Balaban J connectivity index is 2.70. The molecule has 0 aromatic rings. The smallest absolute Gasteiger partial charge is 0.335 e. The molecule has 0 radical (unpaired) electrons. The van der Waals surface area contributed by atoms with Crippen molar-refractivity contribution in [1.82, 2.24) is 0 Å². The highest BCUT2D eigenvalue weighted by atomic mass is 16.7. The summed E-state index contributed by atoms with van der Waals surface area (Å²) in [5, 5.41) is 31.5. The minimum absolute atomic E-state index is 0.0422. The van der Waals surface area contributed by atoms with E-state index in [0.29, 0.717) is 19.3 Å². The number of aliphatic hydroxyl groups excluding tert-OH is 2. The lowest BCUT2D eigenvalue weighted by Crippen LogP contribution is -2.61. The third kappa shape index (κ3) is 41.2. The van der Waals surface area contributed by atoms with E-state index in [1.165, 1.54) is 77.0 Å². The average molecular weight is 1060 g/mol. The Morgan fingerprint density at radius 2 is 0.827 bits per heavy atom. The standard InChI is InChI=1S/C63H108O12/c1-4-7-10-13-16-19-22-25-27-28-30-32-34-37-40-43-46-49-55(64)71-52-54(73-56(65)50-47-44-41-38-36-33-29-26-23-20-17-14-11-8-5-2)53-72-63-61(59(68)58(67)60(75-63)62(69)70)74-57(66)51-48-45-42-39-35-31-24-21-18-15-12-9-6-3/h12,15-16,19,21,24-27,29,54,58-61,63,67-68H,4-11,13-14,17-18,20,22-23,28,30-53H2,1-3H3,(H,69,70)/b15-12-,19-16-,24-21-,27-25-,29-26-. The van der Waals surface area contributed by atoms with Crippen molar-refractivity contribution in [2.45, 2.75) is 302 Å². The molecule has 0 aromatic carbocycles. The summed E-state index contributed by atoms with van der Waals surface area (Å²) >= 11 is 0. The number of ether oxygens (including phenoxy) is 5. The van der Waals surface area contributed by atoms with E-state index >= 15 is 0 Å². The number of hydrogen-bond donors (Lipinski definition) is 3. The molecule has 6 atom stereocenters. The van der Waals surface area contributed by atoms with Crippen LogP contribution >= 0.6 is 0 Å². The summed E-state index contributed by atoms with van der Waals surface area (Å²) in [5.74, 6) is -3.15. The number of carboxylic acids is 1. The van der Waals surface area contributed by atoms with Gasteiger partial charge >= 0.3 is 23.9 Å². The molecule has 1 rings (SSSR count). The number of rotatable bonds is 51. The molecule has 0 amide bonds. The van der Waals surface area contributed by atoms with Crippen LogP contribution in [-0.4, -0.2) is 89.2 Å². The molecule has 12 heteroatoms. The van der Waals surface area contributed by atoms with Crippen molar-refractivity contribution in [1.29, 1.82) is 0 Å². The van der Waals surface area contributed by atoms with Gasteiger partial charge in [-0.3, -0.25) is 14.4 Å². The van der Waals surface area contributed by atoms with Crippen molar-refractivity contribution in [3.63, 3.8) is 0 Å². The SMILES string of the molecule is CCC/C=C\C/C=C\CCCCCCCC(=O)OC1C(OCC(COC(=O)CCCCCCCCC/C=C\C/C=C\CCCCC)OC(=O)CCCCCCC/C=C\CCCCCCCC)OC(C(=O)O)C(O)C1O. The molecule has 75 heavy (non-hydrogen) atoms. The van der Waals surface area contributed by atoms with Crippen molar-refractivity contribution in [3.05, 3.63) is 60.8 Å². The van der Waals surface area contributed by atoms with E-state index in [1.807, 2.05) is 0 Å². The van der Waals surface area contributed by atoms with Gasteiger partial charge in [0.15, 0.2) is 24.6 Å². The second-order valence-electron chi connectivity index (χ2n) is 20.6. The number of aliphatic carboxylic acids is 1. The molecule has 0 aromatic heterocycles. The Bertz CT molecular complexity index is 1540. The summed E-state index contributed by atoms with van der Waals surface area (Å²) < 4.78 is 28.4. The number of hydrogen-bond acceptors (Lipinski definition) is 11. The number of aliphatic hydroxyl groups is 2. The maximum absolute atomic E-state index is 13.2. The molecule has 1 saturated heterocycles. The topological polar surface area (TPSA) is 175 Å². The first-order valence-corrected chi connectivity index (χ1v) is 30.3. The Hall–Kier alpha value is -3.58. The molecular weight excluding hydrogens is 949 g/mol. The van der Waals surface area contributed by atoms with Crippen LogP contribution < -0.4 is 0 Å². The largest absolute Gasteiger partial charge is 0.479 e. The van der Waals surface area contributed by atoms with Gasteiger partial charge in [0.1, 0.15) is 18.8 Å². The van der Waals surface area contributed by atoms with E-state index in [1.54, 1.807) is 0 Å². The first-order chi connectivity index (χ1) is 36.6. The Kier molecular flexibility index (Phi) is 47.4. The van der Waals surface area contributed by atoms with E-state index in [2.05, 4.69) is 81.5 Å². The average Bonchev–Trinajstić information content (AvgIpc) is 3.39. The van der Waals surface area contributed by atoms with Crippen molar-refractivity contribution >= 4 is 23.9 Å². The van der Waals surface area contributed by atoms with E-state index in [9.17, 15) is 34.5 Å². The second-order valence-corrected chi connectivity index (χ2v) is 20.6. The maximum atomic E-state index is 13.2. The van der Waals surface area contributed by atoms with Gasteiger partial charge in [0.05, 0.1) is 6.61 Å². The fraction of sp³-hybridized carbons (Fsp3) is 0.778. The van der Waals surface area contributed by atoms with Crippen LogP contribution in [0.4, 0.5) is 0 Å². The molecule has 12 nitrogen and oxygen atoms in total. The third-order valence-electron chi connectivity index (χ3n) is 13.5. The minimum atomic E-state index is -1.91. The summed E-state index contributed by atoms with van der Waals surface area (Å²) in [4.78, 5) is 51.1. The lowest BCUT2D eigenvalue weighted by molar-refractivity contribution is -0.301. The van der Waals surface area contributed by atoms with Crippen LogP contribution in [0.3, 0.4) is 0 Å². The summed E-state index contributed by atoms with van der Waals surface area (Å²) in [7, 11) is 0. The summed E-state index contributed by atoms with van der Waals surface area (Å²) in [6, 6.07) is 0. The number of esters is 3. The van der Waals surface area contributed by atoms with Gasteiger partial charge in [0.2, 0.25) is 0 Å². The summed E-state index contributed by atoms with van der Waals surface area (Å²) in [5.41, 5.74) is 0. The number of allylic oxidation sites excluding steroid dienone is 10. The van der Waals surface area contributed by atoms with Crippen LogP contribution in [0.25, 0.3) is 0 Å². The number of carboxylic acid groups (broad SMARTS) is 1. The molecule has 1 heterocycles. The molecular formula is C63H108O12. The van der Waals surface area contributed by atoms with Crippen molar-refractivity contribution in [2.24, 2.45) is 0 Å². The van der Waals surface area contributed by atoms with Crippen LogP contribution in [0.15, 0.2) is 60.8 Å². The molecule has 0 aliphatic carbocycles. The molecule has 0 saturated carbocycles. The molecule has 1 fully saturated rings. The van der Waals surface area contributed by atoms with Gasteiger partial charge in [0, 0.05) is 19.3 Å². The molecule has 432 valence electrons. The Labute approximate surface area is 456 Å². The highest BCUT2D eigenvalue weighted by Gasteiger charge is 2.50. The van der Waals surface area contributed by atoms with Gasteiger partial charge in [0.25, 0.3) is 0 Å². The van der Waals surface area contributed by atoms with E-state index in [0.717, 1.165) is 128 Å². The zero-order valence-corrected chi connectivity index (χ0v) is 47.5. The zero-order valence-electron chi connectivity index (χ0n) is 47.5. The Morgan fingerprint density at radius 3 is 1.29 bits per heavy atom. The number of carbonyl (C=O) groups excluding carboxylic acids is 3. The molecule has 1 aliphatic heterocycles. The monoisotopic (exact) mass is 1060 g/mol. The molecule has 3 N–H and O–H groups in total. The predicted octanol–water partition coefficient (Wildman–Crippen LogP) is 15.6. The van der Waals surface area contributed by atoms with Crippen LogP contribution in [0.2, 0.25) is 0 Å². The number of carbonyl (C=O) groups is 4. The first-order valence-electron chi connectivity index (χ1n) is 30.3. The quantitative estimate of drug-likeness (QED) is 0.0228.